The average Bonchev–Trinajstić information content (AvgIpc) is 2.16. The van der Waals surface area contributed by atoms with E-state index in [1.165, 1.54) is 0 Å². The summed E-state index contributed by atoms with van der Waals surface area (Å²) < 4.78 is 0. The molecule has 0 amide bonds. The topological polar surface area (TPSA) is 25.8 Å². The lowest BCUT2D eigenvalue weighted by Gasteiger charge is -2.06. The van der Waals surface area contributed by atoms with E-state index in [0.29, 0.717) is 21.9 Å². The van der Waals surface area contributed by atoms with Gasteiger partial charge in [-0.05, 0) is 12.8 Å². The molecule has 0 atom stereocenters. The molecule has 0 saturated heterocycles. The van der Waals surface area contributed by atoms with Gasteiger partial charge in [-0.3, -0.25) is 0 Å². The highest BCUT2D eigenvalue weighted by Crippen LogP contribution is 2.23. The first-order valence-electron chi connectivity index (χ1n) is 4.50. The molecule has 14 heavy (non-hydrogen) atoms. The van der Waals surface area contributed by atoms with Crippen LogP contribution in [0, 0.1) is 0 Å². The van der Waals surface area contributed by atoms with E-state index in [-0.39, 0.29) is 0 Å². The van der Waals surface area contributed by atoms with Crippen LogP contribution < -0.4 is 0 Å². The van der Waals surface area contributed by atoms with Gasteiger partial charge in [0.2, 0.25) is 0 Å². The molecule has 2 nitrogen and oxygen atoms in total. The highest BCUT2D eigenvalue weighted by molar-refractivity contribution is 7.79. The van der Waals surface area contributed by atoms with E-state index >= 15 is 0 Å². The predicted octanol–water partition coefficient (Wildman–Crippen LogP) is 3.56. The smallest absolute Gasteiger partial charge is 0.141 e. The summed E-state index contributed by atoms with van der Waals surface area (Å²) in [6.45, 7) is 2.12. The van der Waals surface area contributed by atoms with Crippen LogP contribution in [0.15, 0.2) is 0 Å². The normalized spacial score (nSPS) is 10.6. The van der Waals surface area contributed by atoms with E-state index in [2.05, 4.69) is 29.5 Å². The number of halogens is 2. The summed E-state index contributed by atoms with van der Waals surface area (Å²) in [5.74, 6) is 1.02. The Morgan fingerprint density at radius 2 is 1.79 bits per heavy atom. The Morgan fingerprint density at radius 1 is 1.21 bits per heavy atom. The molecule has 0 bridgehead atoms. The molecular formula is C9H12Cl2N2S. The molecule has 1 aromatic rings. The monoisotopic (exact) mass is 250 g/mol. The lowest BCUT2D eigenvalue weighted by atomic mass is 10.1. The van der Waals surface area contributed by atoms with Crippen LogP contribution in [0.5, 0.6) is 0 Å². The highest BCUT2D eigenvalue weighted by Gasteiger charge is 2.09. The zero-order chi connectivity index (χ0) is 10.6. The molecule has 0 radical (unpaired) electrons. The molecule has 78 valence electrons. The highest BCUT2D eigenvalue weighted by atomic mass is 35.5. The number of hydrogen-bond acceptors (Lipinski definition) is 3. The number of thiol groups is 1. The fourth-order valence-electron chi connectivity index (χ4n) is 1.10. The molecule has 0 aromatic carbocycles. The van der Waals surface area contributed by atoms with Crippen molar-refractivity contribution in [2.24, 2.45) is 0 Å². The summed E-state index contributed by atoms with van der Waals surface area (Å²) in [5, 5.41) is 0.921. The van der Waals surface area contributed by atoms with Gasteiger partial charge in [-0.15, -0.1) is 0 Å². The van der Waals surface area contributed by atoms with E-state index < -0.39 is 0 Å². The first-order valence-corrected chi connectivity index (χ1v) is 5.89. The van der Waals surface area contributed by atoms with Crippen LogP contribution in [0.2, 0.25) is 10.3 Å². The SMILES string of the molecule is CCCCc1c(Cl)nc(CS)nc1Cl. The van der Waals surface area contributed by atoms with Crippen molar-refractivity contribution >= 4 is 35.8 Å². The maximum Gasteiger partial charge on any atom is 0.141 e. The van der Waals surface area contributed by atoms with Crippen LogP contribution in [0.3, 0.4) is 0 Å². The lowest BCUT2D eigenvalue weighted by Crippen LogP contribution is -1.99. The van der Waals surface area contributed by atoms with Gasteiger partial charge in [0, 0.05) is 5.56 Å². The largest absolute Gasteiger partial charge is 0.220 e. The van der Waals surface area contributed by atoms with Crippen molar-refractivity contribution in [1.82, 2.24) is 9.97 Å². The average molecular weight is 251 g/mol. The minimum absolute atomic E-state index is 0.452. The number of hydrogen-bond donors (Lipinski definition) is 1. The molecule has 0 saturated carbocycles. The fraction of sp³-hybridized carbons (Fsp3) is 0.556. The van der Waals surface area contributed by atoms with Crippen molar-refractivity contribution in [1.29, 1.82) is 0 Å². The predicted molar refractivity (Wildman–Crippen MR) is 63.4 cm³/mol. The van der Waals surface area contributed by atoms with Crippen LogP contribution in [0.1, 0.15) is 31.2 Å². The summed E-state index contributed by atoms with van der Waals surface area (Å²) in [4.78, 5) is 8.20. The molecule has 0 aliphatic rings. The Balaban J connectivity index is 2.93. The van der Waals surface area contributed by atoms with Crippen molar-refractivity contribution in [3.8, 4) is 0 Å². The Kier molecular flexibility index (Phi) is 4.99. The third-order valence-corrected chi connectivity index (χ3v) is 2.78. The van der Waals surface area contributed by atoms with Crippen LogP contribution >= 0.6 is 35.8 Å². The van der Waals surface area contributed by atoms with E-state index in [0.717, 1.165) is 24.8 Å². The molecule has 0 fully saturated rings. The summed E-state index contributed by atoms with van der Waals surface area (Å²) in [6.07, 6.45) is 2.98. The Hall–Kier alpha value is 0.01000. The minimum atomic E-state index is 0.452. The molecule has 0 aliphatic carbocycles. The number of rotatable bonds is 4. The van der Waals surface area contributed by atoms with Crippen molar-refractivity contribution < 1.29 is 0 Å². The summed E-state index contributed by atoms with van der Waals surface area (Å²) in [7, 11) is 0. The van der Waals surface area contributed by atoms with Crippen LogP contribution in [-0.4, -0.2) is 9.97 Å². The first-order chi connectivity index (χ1) is 6.69. The van der Waals surface area contributed by atoms with Gasteiger partial charge in [0.1, 0.15) is 16.1 Å². The van der Waals surface area contributed by atoms with Gasteiger partial charge in [0.15, 0.2) is 0 Å². The second-order valence-corrected chi connectivity index (χ2v) is 3.99. The third kappa shape index (κ3) is 3.01. The van der Waals surface area contributed by atoms with Gasteiger partial charge in [0.25, 0.3) is 0 Å². The lowest BCUT2D eigenvalue weighted by molar-refractivity contribution is 0.785. The molecule has 0 spiro atoms. The van der Waals surface area contributed by atoms with Crippen molar-refractivity contribution in [3.63, 3.8) is 0 Å². The van der Waals surface area contributed by atoms with Gasteiger partial charge < -0.3 is 0 Å². The van der Waals surface area contributed by atoms with Gasteiger partial charge in [-0.1, -0.05) is 36.5 Å². The molecular weight excluding hydrogens is 239 g/mol. The molecule has 1 heterocycles. The zero-order valence-electron chi connectivity index (χ0n) is 7.93. The van der Waals surface area contributed by atoms with Gasteiger partial charge in [0.05, 0.1) is 5.75 Å². The van der Waals surface area contributed by atoms with Gasteiger partial charge >= 0.3 is 0 Å². The molecule has 0 aliphatic heterocycles. The second-order valence-electron chi connectivity index (χ2n) is 2.96. The molecule has 1 rings (SSSR count). The summed E-state index contributed by atoms with van der Waals surface area (Å²) >= 11 is 16.0. The van der Waals surface area contributed by atoms with Gasteiger partial charge in [-0.2, -0.15) is 12.6 Å². The Morgan fingerprint density at radius 3 is 2.21 bits per heavy atom. The first kappa shape index (κ1) is 12.1. The Bertz CT molecular complexity index is 295. The molecule has 1 aromatic heterocycles. The molecule has 0 unspecified atom stereocenters. The zero-order valence-corrected chi connectivity index (χ0v) is 10.3. The number of aromatic nitrogens is 2. The third-order valence-electron chi connectivity index (χ3n) is 1.87. The van der Waals surface area contributed by atoms with E-state index in [4.69, 9.17) is 23.2 Å². The number of nitrogens with zero attached hydrogens (tertiary/aromatic N) is 2. The summed E-state index contributed by atoms with van der Waals surface area (Å²) in [5.41, 5.74) is 0.848. The molecule has 5 heteroatoms. The maximum atomic E-state index is 5.98. The second kappa shape index (κ2) is 5.79. The number of unbranched alkanes of at least 4 members (excludes halogenated alkanes) is 1. The van der Waals surface area contributed by atoms with Crippen molar-refractivity contribution in [2.75, 3.05) is 0 Å². The summed E-state index contributed by atoms with van der Waals surface area (Å²) in [6, 6.07) is 0. The van der Waals surface area contributed by atoms with Crippen molar-refractivity contribution in [2.45, 2.75) is 31.9 Å². The molecule has 0 N–H and O–H groups in total. The van der Waals surface area contributed by atoms with E-state index in [9.17, 15) is 0 Å². The minimum Gasteiger partial charge on any atom is -0.220 e. The van der Waals surface area contributed by atoms with Crippen molar-refractivity contribution in [3.05, 3.63) is 21.7 Å². The maximum absolute atomic E-state index is 5.98. The van der Waals surface area contributed by atoms with E-state index in [1.54, 1.807) is 0 Å². The van der Waals surface area contributed by atoms with Gasteiger partial charge in [-0.25, -0.2) is 9.97 Å². The quantitative estimate of drug-likeness (QED) is 0.654. The fourth-order valence-corrected chi connectivity index (χ4v) is 1.86. The Labute approximate surface area is 99.5 Å². The van der Waals surface area contributed by atoms with Crippen LogP contribution in [0.4, 0.5) is 0 Å². The van der Waals surface area contributed by atoms with Crippen LogP contribution in [0.25, 0.3) is 0 Å². The van der Waals surface area contributed by atoms with E-state index in [1.807, 2.05) is 0 Å². The van der Waals surface area contributed by atoms with Crippen LogP contribution in [-0.2, 0) is 12.2 Å². The standard InChI is InChI=1S/C9H12Cl2N2S/c1-2-3-4-6-8(10)12-7(5-14)13-9(6)11/h14H,2-5H2,1H3.